The molecule has 30 heavy (non-hydrogen) atoms. The summed E-state index contributed by atoms with van der Waals surface area (Å²) in [6, 6.07) is 12.8. The van der Waals surface area contributed by atoms with Crippen LogP contribution in [0.25, 0.3) is 0 Å². The van der Waals surface area contributed by atoms with Crippen molar-refractivity contribution in [2.75, 3.05) is 24.9 Å². The average Bonchev–Trinajstić information content (AvgIpc) is 3.21. The van der Waals surface area contributed by atoms with Crippen LogP contribution in [-0.2, 0) is 4.79 Å². The van der Waals surface area contributed by atoms with Gasteiger partial charge in [0, 0.05) is 17.7 Å². The van der Waals surface area contributed by atoms with Gasteiger partial charge < -0.3 is 20.1 Å². The molecule has 0 spiro atoms. The number of aromatic amines is 1. The van der Waals surface area contributed by atoms with Crippen LogP contribution < -0.4 is 20.1 Å². The number of anilines is 3. The highest BCUT2D eigenvalue weighted by Crippen LogP contribution is 2.28. The number of amides is 1. The maximum atomic E-state index is 11.7. The van der Waals surface area contributed by atoms with Crippen molar-refractivity contribution >= 4 is 23.1 Å². The van der Waals surface area contributed by atoms with Crippen molar-refractivity contribution in [3.8, 4) is 23.3 Å². The molecule has 7 nitrogen and oxygen atoms in total. The van der Waals surface area contributed by atoms with Gasteiger partial charge in [0.15, 0.2) is 5.82 Å². The van der Waals surface area contributed by atoms with Gasteiger partial charge in [-0.1, -0.05) is 24.6 Å². The average molecular weight is 402 g/mol. The fourth-order valence-electron chi connectivity index (χ4n) is 2.72. The van der Waals surface area contributed by atoms with Gasteiger partial charge in [-0.15, -0.1) is 0 Å². The van der Waals surface area contributed by atoms with E-state index in [1.54, 1.807) is 32.4 Å². The standard InChI is InChI=1S/C23H22N4O3/c1-5-22(28)24-20-8-6-7-15(2)23(20)25-21-13-17(26-27-21)10-9-16-11-18(29-3)14-19(12-16)30-4/h5-8,11-14H,1H2,2-4H3,(H,24,28)(H2,25,26,27). The number of methoxy groups -OCH3 is 2. The molecule has 1 aromatic heterocycles. The second-order valence-corrected chi connectivity index (χ2v) is 6.33. The van der Waals surface area contributed by atoms with Crippen LogP contribution in [0.3, 0.4) is 0 Å². The summed E-state index contributed by atoms with van der Waals surface area (Å²) in [5.41, 5.74) is 3.72. The smallest absolute Gasteiger partial charge is 0.247 e. The van der Waals surface area contributed by atoms with Gasteiger partial charge in [0.2, 0.25) is 5.91 Å². The molecule has 1 amide bonds. The number of hydrogen-bond acceptors (Lipinski definition) is 5. The molecule has 2 aromatic carbocycles. The maximum absolute atomic E-state index is 11.7. The van der Waals surface area contributed by atoms with Crippen LogP contribution in [0.15, 0.2) is 55.1 Å². The third kappa shape index (κ3) is 5.00. The molecular weight excluding hydrogens is 380 g/mol. The van der Waals surface area contributed by atoms with E-state index in [2.05, 4.69) is 39.3 Å². The fourth-order valence-corrected chi connectivity index (χ4v) is 2.72. The molecule has 152 valence electrons. The van der Waals surface area contributed by atoms with Crippen molar-refractivity contribution in [2.45, 2.75) is 6.92 Å². The highest BCUT2D eigenvalue weighted by atomic mass is 16.5. The van der Waals surface area contributed by atoms with Gasteiger partial charge in [0.05, 0.1) is 25.6 Å². The molecule has 0 bridgehead atoms. The largest absolute Gasteiger partial charge is 0.497 e. The number of para-hydroxylation sites is 1. The van der Waals surface area contributed by atoms with Crippen LogP contribution in [0.5, 0.6) is 11.5 Å². The molecule has 0 unspecified atom stereocenters. The lowest BCUT2D eigenvalue weighted by molar-refractivity contribution is -0.111. The molecule has 0 aliphatic heterocycles. The van der Waals surface area contributed by atoms with E-state index in [0.717, 1.165) is 16.8 Å². The number of carbonyl (C=O) groups excluding carboxylic acids is 1. The zero-order valence-corrected chi connectivity index (χ0v) is 17.0. The highest BCUT2D eigenvalue weighted by Gasteiger charge is 2.09. The molecule has 7 heteroatoms. The maximum Gasteiger partial charge on any atom is 0.247 e. The lowest BCUT2D eigenvalue weighted by atomic mass is 10.1. The number of ether oxygens (including phenoxy) is 2. The Morgan fingerprint density at radius 2 is 1.87 bits per heavy atom. The van der Waals surface area contributed by atoms with Crippen molar-refractivity contribution in [1.29, 1.82) is 0 Å². The summed E-state index contributed by atoms with van der Waals surface area (Å²) in [5.74, 6) is 7.73. The molecular formula is C23H22N4O3. The van der Waals surface area contributed by atoms with Crippen LogP contribution in [0, 0.1) is 18.8 Å². The van der Waals surface area contributed by atoms with Crippen LogP contribution in [0.2, 0.25) is 0 Å². The summed E-state index contributed by atoms with van der Waals surface area (Å²) in [6.07, 6.45) is 1.22. The van der Waals surface area contributed by atoms with Crippen LogP contribution >= 0.6 is 0 Å². The number of aromatic nitrogens is 2. The minimum atomic E-state index is -0.286. The van der Waals surface area contributed by atoms with E-state index in [0.29, 0.717) is 28.7 Å². The van der Waals surface area contributed by atoms with Crippen molar-refractivity contribution in [3.05, 3.63) is 71.9 Å². The first-order valence-corrected chi connectivity index (χ1v) is 9.13. The normalized spacial score (nSPS) is 9.83. The lowest BCUT2D eigenvalue weighted by Crippen LogP contribution is -2.10. The first-order chi connectivity index (χ1) is 14.5. The minimum Gasteiger partial charge on any atom is -0.497 e. The Hall–Kier alpha value is -4.18. The highest BCUT2D eigenvalue weighted by molar-refractivity contribution is 6.01. The van der Waals surface area contributed by atoms with Crippen LogP contribution in [0.1, 0.15) is 16.8 Å². The van der Waals surface area contributed by atoms with Gasteiger partial charge >= 0.3 is 0 Å². The van der Waals surface area contributed by atoms with E-state index in [1.165, 1.54) is 6.08 Å². The Bertz CT molecular complexity index is 1120. The summed E-state index contributed by atoms with van der Waals surface area (Å²) in [7, 11) is 3.19. The Morgan fingerprint density at radius 3 is 2.53 bits per heavy atom. The van der Waals surface area contributed by atoms with E-state index in [9.17, 15) is 4.79 Å². The van der Waals surface area contributed by atoms with Gasteiger partial charge in [-0.05, 0) is 42.7 Å². The monoisotopic (exact) mass is 402 g/mol. The Labute approximate surface area is 175 Å². The lowest BCUT2D eigenvalue weighted by Gasteiger charge is -2.13. The van der Waals surface area contributed by atoms with Gasteiger partial charge in [-0.2, -0.15) is 5.10 Å². The molecule has 0 aliphatic carbocycles. The van der Waals surface area contributed by atoms with Crippen molar-refractivity contribution in [3.63, 3.8) is 0 Å². The van der Waals surface area contributed by atoms with Gasteiger partial charge in [0.1, 0.15) is 17.2 Å². The van der Waals surface area contributed by atoms with Gasteiger partial charge in [0.25, 0.3) is 0 Å². The number of hydrogen-bond donors (Lipinski definition) is 3. The molecule has 0 radical (unpaired) electrons. The van der Waals surface area contributed by atoms with E-state index >= 15 is 0 Å². The second-order valence-electron chi connectivity index (χ2n) is 6.33. The number of benzene rings is 2. The van der Waals surface area contributed by atoms with Crippen LogP contribution in [0.4, 0.5) is 17.2 Å². The number of aryl methyl sites for hydroxylation is 1. The first-order valence-electron chi connectivity index (χ1n) is 9.13. The van der Waals surface area contributed by atoms with Crippen LogP contribution in [-0.4, -0.2) is 30.3 Å². The summed E-state index contributed by atoms with van der Waals surface area (Å²) >= 11 is 0. The van der Waals surface area contributed by atoms with Crippen molar-refractivity contribution < 1.29 is 14.3 Å². The molecule has 3 aromatic rings. The number of carbonyl (C=O) groups is 1. The van der Waals surface area contributed by atoms with E-state index < -0.39 is 0 Å². The number of rotatable bonds is 6. The zero-order chi connectivity index (χ0) is 21.5. The summed E-state index contributed by atoms with van der Waals surface area (Å²) in [6.45, 7) is 5.42. The predicted molar refractivity (Wildman–Crippen MR) is 117 cm³/mol. The predicted octanol–water partition coefficient (Wildman–Crippen LogP) is 4.00. The van der Waals surface area contributed by atoms with Gasteiger partial charge in [-0.25, -0.2) is 0 Å². The third-order valence-electron chi connectivity index (χ3n) is 4.24. The molecule has 0 atom stereocenters. The van der Waals surface area contributed by atoms with E-state index in [1.807, 2.05) is 31.2 Å². The third-order valence-corrected chi connectivity index (χ3v) is 4.24. The molecule has 0 aliphatic rings. The SMILES string of the molecule is C=CC(=O)Nc1cccc(C)c1Nc1cc(C#Cc2cc(OC)cc(OC)c2)[nH]n1. The summed E-state index contributed by atoms with van der Waals surface area (Å²) in [5, 5.41) is 13.2. The second kappa shape index (κ2) is 9.34. The quantitative estimate of drug-likeness (QED) is 0.428. The van der Waals surface area contributed by atoms with Gasteiger partial charge in [-0.3, -0.25) is 9.89 Å². The molecule has 0 fully saturated rings. The number of H-pyrrole nitrogens is 1. The van der Waals surface area contributed by atoms with E-state index in [4.69, 9.17) is 9.47 Å². The fraction of sp³-hybridized carbons (Fsp3) is 0.130. The molecule has 0 saturated heterocycles. The molecule has 3 N–H and O–H groups in total. The molecule has 0 saturated carbocycles. The summed E-state index contributed by atoms with van der Waals surface area (Å²) < 4.78 is 10.5. The zero-order valence-electron chi connectivity index (χ0n) is 17.0. The van der Waals surface area contributed by atoms with Crippen molar-refractivity contribution in [2.24, 2.45) is 0 Å². The number of nitrogens with one attached hydrogen (secondary N) is 3. The van der Waals surface area contributed by atoms with Crippen molar-refractivity contribution in [1.82, 2.24) is 10.2 Å². The summed E-state index contributed by atoms with van der Waals surface area (Å²) in [4.78, 5) is 11.7. The Kier molecular flexibility index (Phi) is 6.40. The Morgan fingerprint density at radius 1 is 1.13 bits per heavy atom. The Balaban J connectivity index is 1.82. The topological polar surface area (TPSA) is 88.3 Å². The molecule has 3 rings (SSSR count). The molecule has 1 heterocycles. The minimum absolute atomic E-state index is 0.286. The first kappa shape index (κ1) is 20.6. The van der Waals surface area contributed by atoms with E-state index in [-0.39, 0.29) is 5.91 Å². The number of nitrogens with zero attached hydrogens (tertiary/aromatic N) is 1.